The number of hydrogen-bond donors (Lipinski definition) is 1. The molecule has 0 heterocycles. The van der Waals surface area contributed by atoms with Gasteiger partial charge in [0.25, 0.3) is 0 Å². The number of methoxy groups -OCH3 is 1. The highest BCUT2D eigenvalue weighted by Gasteiger charge is 2.08. The molecule has 4 heteroatoms. The summed E-state index contributed by atoms with van der Waals surface area (Å²) in [5.41, 5.74) is 3.89. The van der Waals surface area contributed by atoms with Crippen LogP contribution in [0.2, 0.25) is 0 Å². The quantitative estimate of drug-likeness (QED) is 0.921. The molecule has 0 fully saturated rings. The van der Waals surface area contributed by atoms with E-state index >= 15 is 0 Å². The molecule has 110 valence electrons. The molecule has 1 N–H and O–H groups in total. The van der Waals surface area contributed by atoms with Crippen molar-refractivity contribution in [2.75, 3.05) is 12.4 Å². The third-order valence-corrected chi connectivity index (χ3v) is 3.38. The zero-order valence-electron chi connectivity index (χ0n) is 12.5. The van der Waals surface area contributed by atoms with Crippen molar-refractivity contribution >= 4 is 11.8 Å². The monoisotopic (exact) mass is 285 g/mol. The molecule has 21 heavy (non-hydrogen) atoms. The SMILES string of the molecule is COC(=O)Nc1ccccc1COc1cccc(C)c1C. The van der Waals surface area contributed by atoms with Crippen LogP contribution in [0.3, 0.4) is 0 Å². The van der Waals surface area contributed by atoms with Crippen molar-refractivity contribution in [2.45, 2.75) is 20.5 Å². The van der Waals surface area contributed by atoms with Crippen molar-refractivity contribution in [3.8, 4) is 5.75 Å². The van der Waals surface area contributed by atoms with Crippen molar-refractivity contribution in [3.63, 3.8) is 0 Å². The predicted molar refractivity (Wildman–Crippen MR) is 82.7 cm³/mol. The molecule has 2 aromatic rings. The summed E-state index contributed by atoms with van der Waals surface area (Å²) >= 11 is 0. The molecule has 0 unspecified atom stereocenters. The molecule has 2 aromatic carbocycles. The number of carbonyl (C=O) groups is 1. The standard InChI is InChI=1S/C17H19NO3/c1-12-7-6-10-16(13(12)2)21-11-14-8-4-5-9-15(14)18-17(19)20-3/h4-10H,11H2,1-3H3,(H,18,19). The third kappa shape index (κ3) is 3.75. The number of ether oxygens (including phenoxy) is 2. The number of benzene rings is 2. The van der Waals surface area contributed by atoms with Crippen molar-refractivity contribution in [3.05, 3.63) is 59.2 Å². The van der Waals surface area contributed by atoms with Gasteiger partial charge < -0.3 is 9.47 Å². The molecule has 2 rings (SSSR count). The van der Waals surface area contributed by atoms with Crippen LogP contribution in [0.1, 0.15) is 16.7 Å². The highest BCUT2D eigenvalue weighted by atomic mass is 16.5. The number of para-hydroxylation sites is 1. The van der Waals surface area contributed by atoms with Crippen LogP contribution >= 0.6 is 0 Å². The lowest BCUT2D eigenvalue weighted by Gasteiger charge is -2.13. The summed E-state index contributed by atoms with van der Waals surface area (Å²) in [4.78, 5) is 11.3. The van der Waals surface area contributed by atoms with Crippen LogP contribution < -0.4 is 10.1 Å². The lowest BCUT2D eigenvalue weighted by atomic mass is 10.1. The fourth-order valence-corrected chi connectivity index (χ4v) is 1.97. The van der Waals surface area contributed by atoms with Crippen LogP contribution in [0.15, 0.2) is 42.5 Å². The number of aryl methyl sites for hydroxylation is 1. The number of carbonyl (C=O) groups excluding carboxylic acids is 1. The second kappa shape index (κ2) is 6.79. The Morgan fingerprint density at radius 1 is 1.10 bits per heavy atom. The first-order valence-electron chi connectivity index (χ1n) is 6.73. The van der Waals surface area contributed by atoms with Gasteiger partial charge in [-0.15, -0.1) is 0 Å². The van der Waals surface area contributed by atoms with Gasteiger partial charge in [0.05, 0.1) is 12.8 Å². The minimum absolute atomic E-state index is 0.379. The van der Waals surface area contributed by atoms with Crippen LogP contribution in [-0.2, 0) is 11.3 Å². The molecule has 0 aliphatic carbocycles. The molecule has 0 atom stereocenters. The van der Waals surface area contributed by atoms with E-state index in [1.54, 1.807) is 0 Å². The van der Waals surface area contributed by atoms with Crippen LogP contribution in [0.5, 0.6) is 5.75 Å². The van der Waals surface area contributed by atoms with Crippen LogP contribution in [0.25, 0.3) is 0 Å². The molecular formula is C17H19NO3. The first-order chi connectivity index (χ1) is 10.1. The van der Waals surface area contributed by atoms with Crippen molar-refractivity contribution in [1.29, 1.82) is 0 Å². The van der Waals surface area contributed by atoms with E-state index in [1.165, 1.54) is 12.7 Å². The molecule has 0 aliphatic heterocycles. The summed E-state index contributed by atoms with van der Waals surface area (Å²) in [6.07, 6.45) is -0.491. The Kier molecular flexibility index (Phi) is 4.82. The van der Waals surface area contributed by atoms with Gasteiger partial charge in [-0.25, -0.2) is 4.79 Å². The lowest BCUT2D eigenvalue weighted by Crippen LogP contribution is -2.13. The largest absolute Gasteiger partial charge is 0.489 e. The summed E-state index contributed by atoms with van der Waals surface area (Å²) in [6.45, 7) is 4.46. The Labute approximate surface area is 124 Å². The van der Waals surface area contributed by atoms with Crippen molar-refractivity contribution < 1.29 is 14.3 Å². The van der Waals surface area contributed by atoms with Crippen LogP contribution in [-0.4, -0.2) is 13.2 Å². The minimum Gasteiger partial charge on any atom is -0.489 e. The Hall–Kier alpha value is -2.49. The zero-order valence-corrected chi connectivity index (χ0v) is 12.5. The van der Waals surface area contributed by atoms with Gasteiger partial charge in [0.15, 0.2) is 0 Å². The fourth-order valence-electron chi connectivity index (χ4n) is 1.97. The molecular weight excluding hydrogens is 266 g/mol. The molecule has 0 spiro atoms. The number of hydrogen-bond acceptors (Lipinski definition) is 3. The van der Waals surface area contributed by atoms with Gasteiger partial charge in [0.1, 0.15) is 12.4 Å². The number of rotatable bonds is 4. The fraction of sp³-hybridized carbons (Fsp3) is 0.235. The molecule has 0 saturated carbocycles. The van der Waals surface area contributed by atoms with E-state index in [0.717, 1.165) is 16.9 Å². The Balaban J connectivity index is 2.13. The maximum atomic E-state index is 11.3. The first-order valence-corrected chi connectivity index (χ1v) is 6.73. The second-order valence-electron chi connectivity index (χ2n) is 4.76. The Morgan fingerprint density at radius 2 is 1.86 bits per heavy atom. The summed E-state index contributed by atoms with van der Waals surface area (Å²) in [5, 5.41) is 2.68. The molecule has 0 aliphatic rings. The van der Waals surface area contributed by atoms with Gasteiger partial charge in [-0.05, 0) is 37.1 Å². The van der Waals surface area contributed by atoms with E-state index in [-0.39, 0.29) is 0 Å². The summed E-state index contributed by atoms with van der Waals surface area (Å²) in [5.74, 6) is 0.850. The number of nitrogens with one attached hydrogen (secondary N) is 1. The van der Waals surface area contributed by atoms with Crippen LogP contribution in [0, 0.1) is 13.8 Å². The normalized spacial score (nSPS) is 10.0. The zero-order chi connectivity index (χ0) is 15.2. The van der Waals surface area contributed by atoms with E-state index in [9.17, 15) is 4.79 Å². The molecule has 4 nitrogen and oxygen atoms in total. The molecule has 1 amide bonds. The number of amides is 1. The average molecular weight is 285 g/mol. The smallest absolute Gasteiger partial charge is 0.411 e. The molecule has 0 aromatic heterocycles. The molecule has 0 saturated heterocycles. The van der Waals surface area contributed by atoms with E-state index in [2.05, 4.69) is 23.0 Å². The maximum Gasteiger partial charge on any atom is 0.411 e. The van der Waals surface area contributed by atoms with E-state index in [4.69, 9.17) is 4.74 Å². The van der Waals surface area contributed by atoms with Gasteiger partial charge in [-0.3, -0.25) is 5.32 Å². The second-order valence-corrected chi connectivity index (χ2v) is 4.76. The molecule has 0 bridgehead atoms. The van der Waals surface area contributed by atoms with E-state index in [0.29, 0.717) is 12.3 Å². The summed E-state index contributed by atoms with van der Waals surface area (Å²) in [7, 11) is 1.34. The van der Waals surface area contributed by atoms with Gasteiger partial charge in [-0.1, -0.05) is 30.3 Å². The number of anilines is 1. The van der Waals surface area contributed by atoms with Gasteiger partial charge in [0.2, 0.25) is 0 Å². The topological polar surface area (TPSA) is 47.6 Å². The maximum absolute atomic E-state index is 11.3. The van der Waals surface area contributed by atoms with Crippen LogP contribution in [0.4, 0.5) is 10.5 Å². The minimum atomic E-state index is -0.491. The van der Waals surface area contributed by atoms with E-state index in [1.807, 2.05) is 43.3 Å². The third-order valence-electron chi connectivity index (χ3n) is 3.38. The van der Waals surface area contributed by atoms with Crippen molar-refractivity contribution in [1.82, 2.24) is 0 Å². The predicted octanol–water partition coefficient (Wildman–Crippen LogP) is 4.06. The Bertz CT molecular complexity index is 638. The molecule has 0 radical (unpaired) electrons. The lowest BCUT2D eigenvalue weighted by molar-refractivity contribution is 0.187. The highest BCUT2D eigenvalue weighted by Crippen LogP contribution is 2.23. The van der Waals surface area contributed by atoms with Gasteiger partial charge in [-0.2, -0.15) is 0 Å². The summed E-state index contributed by atoms with van der Waals surface area (Å²) < 4.78 is 10.5. The van der Waals surface area contributed by atoms with Gasteiger partial charge in [0, 0.05) is 5.56 Å². The highest BCUT2D eigenvalue weighted by molar-refractivity contribution is 5.85. The first kappa shape index (κ1) is 14.9. The summed E-state index contributed by atoms with van der Waals surface area (Å²) in [6, 6.07) is 13.5. The Morgan fingerprint density at radius 3 is 2.62 bits per heavy atom. The van der Waals surface area contributed by atoms with E-state index < -0.39 is 6.09 Å². The average Bonchev–Trinajstić information content (AvgIpc) is 2.50. The van der Waals surface area contributed by atoms with Gasteiger partial charge >= 0.3 is 6.09 Å². The van der Waals surface area contributed by atoms with Crippen molar-refractivity contribution in [2.24, 2.45) is 0 Å².